The molecule has 1 saturated carbocycles. The van der Waals surface area contributed by atoms with Gasteiger partial charge in [-0.3, -0.25) is 4.68 Å². The Labute approximate surface area is 130 Å². The smallest absolute Gasteiger partial charge is 0.0624 e. The lowest BCUT2D eigenvalue weighted by Crippen LogP contribution is -2.40. The fourth-order valence-electron chi connectivity index (χ4n) is 4.03. The van der Waals surface area contributed by atoms with E-state index >= 15 is 0 Å². The van der Waals surface area contributed by atoms with Crippen LogP contribution in [0.25, 0.3) is 0 Å². The van der Waals surface area contributed by atoms with Crippen molar-refractivity contribution >= 4 is 0 Å². The van der Waals surface area contributed by atoms with E-state index in [9.17, 15) is 0 Å². The van der Waals surface area contributed by atoms with Gasteiger partial charge in [-0.1, -0.05) is 26.7 Å². The van der Waals surface area contributed by atoms with Crippen molar-refractivity contribution in [1.82, 2.24) is 15.1 Å². The van der Waals surface area contributed by atoms with Crippen LogP contribution in [0.15, 0.2) is 6.07 Å². The highest BCUT2D eigenvalue weighted by Crippen LogP contribution is 2.34. The number of nitrogens with zero attached hydrogens (tertiary/aromatic N) is 2. The fraction of sp³-hybridized carbons (Fsp3) is 0.833. The molecule has 21 heavy (non-hydrogen) atoms. The van der Waals surface area contributed by atoms with Crippen LogP contribution in [0.5, 0.6) is 0 Å². The van der Waals surface area contributed by atoms with E-state index in [0.717, 1.165) is 24.8 Å². The maximum absolute atomic E-state index is 4.72. The van der Waals surface area contributed by atoms with E-state index < -0.39 is 0 Å². The Morgan fingerprint density at radius 1 is 1.29 bits per heavy atom. The zero-order valence-corrected chi connectivity index (χ0v) is 14.4. The SMILES string of the molecule is CCCC1CCC(NC)C(Cc2cc(CC)nn2CC)C1. The molecule has 0 bridgehead atoms. The first-order chi connectivity index (χ1) is 10.2. The van der Waals surface area contributed by atoms with Gasteiger partial charge in [0.1, 0.15) is 0 Å². The molecule has 3 heteroatoms. The maximum atomic E-state index is 4.72. The summed E-state index contributed by atoms with van der Waals surface area (Å²) < 4.78 is 2.22. The van der Waals surface area contributed by atoms with E-state index in [2.05, 4.69) is 43.9 Å². The van der Waals surface area contributed by atoms with Crippen LogP contribution in [0.4, 0.5) is 0 Å². The molecule has 3 nitrogen and oxygen atoms in total. The molecule has 1 aromatic heterocycles. The summed E-state index contributed by atoms with van der Waals surface area (Å²) in [5.74, 6) is 1.71. The van der Waals surface area contributed by atoms with Gasteiger partial charge in [-0.05, 0) is 64.0 Å². The van der Waals surface area contributed by atoms with E-state index in [1.54, 1.807) is 0 Å². The van der Waals surface area contributed by atoms with Crippen LogP contribution < -0.4 is 5.32 Å². The summed E-state index contributed by atoms with van der Waals surface area (Å²) in [7, 11) is 2.13. The molecule has 1 aliphatic carbocycles. The molecule has 0 aliphatic heterocycles. The maximum Gasteiger partial charge on any atom is 0.0624 e. The summed E-state index contributed by atoms with van der Waals surface area (Å²) in [6.07, 6.45) is 9.09. The molecule has 1 heterocycles. The van der Waals surface area contributed by atoms with E-state index in [1.807, 2.05) is 0 Å². The number of aromatic nitrogens is 2. The van der Waals surface area contributed by atoms with E-state index in [1.165, 1.54) is 49.9 Å². The van der Waals surface area contributed by atoms with Crippen LogP contribution in [-0.2, 0) is 19.4 Å². The lowest BCUT2D eigenvalue weighted by molar-refractivity contribution is 0.198. The quantitative estimate of drug-likeness (QED) is 0.828. The summed E-state index contributed by atoms with van der Waals surface area (Å²) in [5.41, 5.74) is 2.69. The van der Waals surface area contributed by atoms with Crippen molar-refractivity contribution in [1.29, 1.82) is 0 Å². The molecule has 1 fully saturated rings. The molecule has 0 amide bonds. The van der Waals surface area contributed by atoms with Gasteiger partial charge in [-0.15, -0.1) is 0 Å². The Hall–Kier alpha value is -0.830. The van der Waals surface area contributed by atoms with Crippen molar-refractivity contribution in [3.8, 4) is 0 Å². The minimum atomic E-state index is 0.684. The second-order valence-corrected chi connectivity index (χ2v) is 6.62. The molecule has 1 N–H and O–H groups in total. The predicted octanol–water partition coefficient (Wildman–Crippen LogP) is 3.81. The number of hydrogen-bond acceptors (Lipinski definition) is 2. The third kappa shape index (κ3) is 4.09. The molecule has 0 aromatic carbocycles. The number of rotatable bonds is 7. The molecule has 2 rings (SSSR count). The van der Waals surface area contributed by atoms with E-state index in [-0.39, 0.29) is 0 Å². The normalized spacial score (nSPS) is 26.2. The Bertz CT molecular complexity index is 424. The molecule has 1 aliphatic rings. The van der Waals surface area contributed by atoms with Crippen LogP contribution in [0.1, 0.15) is 64.3 Å². The van der Waals surface area contributed by atoms with Crippen LogP contribution in [0.2, 0.25) is 0 Å². The van der Waals surface area contributed by atoms with Gasteiger partial charge in [0, 0.05) is 18.3 Å². The van der Waals surface area contributed by atoms with Gasteiger partial charge < -0.3 is 5.32 Å². The van der Waals surface area contributed by atoms with Gasteiger partial charge in [0.15, 0.2) is 0 Å². The Balaban J connectivity index is 2.08. The Kier molecular flexibility index (Phi) is 6.28. The third-order valence-electron chi connectivity index (χ3n) is 5.21. The highest BCUT2D eigenvalue weighted by Gasteiger charge is 2.30. The van der Waals surface area contributed by atoms with Crippen molar-refractivity contribution < 1.29 is 0 Å². The summed E-state index contributed by atoms with van der Waals surface area (Å²) in [6, 6.07) is 3.02. The van der Waals surface area contributed by atoms with Crippen LogP contribution in [0, 0.1) is 11.8 Å². The minimum absolute atomic E-state index is 0.684. The average molecular weight is 291 g/mol. The van der Waals surface area contributed by atoms with Gasteiger partial charge in [0.05, 0.1) is 5.69 Å². The first-order valence-corrected chi connectivity index (χ1v) is 8.94. The number of hydrogen-bond donors (Lipinski definition) is 1. The van der Waals surface area contributed by atoms with Gasteiger partial charge in [0.25, 0.3) is 0 Å². The molecular weight excluding hydrogens is 258 g/mol. The zero-order chi connectivity index (χ0) is 15.2. The molecule has 0 saturated heterocycles. The molecule has 3 unspecified atom stereocenters. The zero-order valence-electron chi connectivity index (χ0n) is 14.4. The molecule has 0 spiro atoms. The van der Waals surface area contributed by atoms with Crippen molar-refractivity contribution in [3.63, 3.8) is 0 Å². The fourth-order valence-corrected chi connectivity index (χ4v) is 4.03. The molecule has 120 valence electrons. The van der Waals surface area contributed by atoms with Gasteiger partial charge >= 0.3 is 0 Å². The molecule has 1 aromatic rings. The number of aryl methyl sites for hydroxylation is 2. The minimum Gasteiger partial charge on any atom is -0.317 e. The largest absolute Gasteiger partial charge is 0.317 e. The first-order valence-electron chi connectivity index (χ1n) is 8.94. The average Bonchev–Trinajstić information content (AvgIpc) is 2.90. The second-order valence-electron chi connectivity index (χ2n) is 6.62. The van der Waals surface area contributed by atoms with Crippen molar-refractivity contribution in [2.75, 3.05) is 7.05 Å². The second kappa shape index (κ2) is 7.98. The van der Waals surface area contributed by atoms with E-state index in [0.29, 0.717) is 6.04 Å². The first kappa shape index (κ1) is 16.5. The van der Waals surface area contributed by atoms with Crippen LogP contribution in [0.3, 0.4) is 0 Å². The summed E-state index contributed by atoms with van der Waals surface area (Å²) >= 11 is 0. The monoisotopic (exact) mass is 291 g/mol. The summed E-state index contributed by atoms with van der Waals surface area (Å²) in [6.45, 7) is 7.70. The molecule has 3 atom stereocenters. The Morgan fingerprint density at radius 3 is 2.71 bits per heavy atom. The topological polar surface area (TPSA) is 29.9 Å². The third-order valence-corrected chi connectivity index (χ3v) is 5.21. The molecule has 0 radical (unpaired) electrons. The highest BCUT2D eigenvalue weighted by atomic mass is 15.3. The molecular formula is C18H33N3. The summed E-state index contributed by atoms with van der Waals surface area (Å²) in [4.78, 5) is 0. The standard InChI is InChI=1S/C18H33N3/c1-5-8-14-9-10-18(19-4)15(11-14)12-17-13-16(6-2)20-21(17)7-3/h13-15,18-19H,5-12H2,1-4H3. The van der Waals surface area contributed by atoms with E-state index in [4.69, 9.17) is 5.10 Å². The lowest BCUT2D eigenvalue weighted by Gasteiger charge is -2.36. The summed E-state index contributed by atoms with van der Waals surface area (Å²) in [5, 5.41) is 8.28. The van der Waals surface area contributed by atoms with Crippen molar-refractivity contribution in [2.45, 2.75) is 78.3 Å². The van der Waals surface area contributed by atoms with Crippen molar-refractivity contribution in [3.05, 3.63) is 17.5 Å². The van der Waals surface area contributed by atoms with Crippen molar-refractivity contribution in [2.24, 2.45) is 11.8 Å². The van der Waals surface area contributed by atoms with Gasteiger partial charge in [-0.2, -0.15) is 5.10 Å². The van der Waals surface area contributed by atoms with Crippen LogP contribution >= 0.6 is 0 Å². The Morgan fingerprint density at radius 2 is 2.10 bits per heavy atom. The van der Waals surface area contributed by atoms with Gasteiger partial charge in [-0.25, -0.2) is 0 Å². The van der Waals surface area contributed by atoms with Crippen LogP contribution in [-0.4, -0.2) is 22.9 Å². The number of nitrogens with one attached hydrogen (secondary N) is 1. The predicted molar refractivity (Wildman–Crippen MR) is 89.6 cm³/mol. The highest BCUT2D eigenvalue weighted by molar-refractivity contribution is 5.12. The lowest BCUT2D eigenvalue weighted by atomic mass is 9.74. The van der Waals surface area contributed by atoms with Gasteiger partial charge in [0.2, 0.25) is 0 Å².